The van der Waals surface area contributed by atoms with Gasteiger partial charge < -0.3 is 5.73 Å². The Morgan fingerprint density at radius 2 is 2.33 bits per heavy atom. The van der Waals surface area contributed by atoms with E-state index in [0.717, 1.165) is 0 Å². The maximum Gasteiger partial charge on any atom is 0.0837 e. The van der Waals surface area contributed by atoms with Crippen LogP contribution in [0, 0.1) is 0 Å². The van der Waals surface area contributed by atoms with Gasteiger partial charge in [-0.1, -0.05) is 0 Å². The molecular weight excluding hydrogens is 78.0 g/mol. The lowest BCUT2D eigenvalue weighted by molar-refractivity contribution is 0.183. The minimum absolute atomic E-state index is 0.0440. The van der Waals surface area contributed by atoms with E-state index in [1.807, 2.05) is 6.92 Å². The van der Waals surface area contributed by atoms with Crippen molar-refractivity contribution >= 4 is 0 Å². The molecule has 0 amide bonds. The molecule has 1 radical (unpaired) electrons. The van der Waals surface area contributed by atoms with Crippen molar-refractivity contribution in [3.8, 4) is 0 Å². The van der Waals surface area contributed by atoms with E-state index in [1.165, 1.54) is 0 Å². The molecule has 6 heavy (non-hydrogen) atoms. The lowest BCUT2D eigenvalue weighted by atomic mass is 10.3. The second kappa shape index (κ2) is 3.12. The van der Waals surface area contributed by atoms with Gasteiger partial charge in [-0.15, -0.1) is 0 Å². The topological polar surface area (TPSA) is 45.9 Å². The highest BCUT2D eigenvalue weighted by Crippen LogP contribution is 1.79. The molecule has 0 heterocycles. The van der Waals surface area contributed by atoms with Gasteiger partial charge in [0.1, 0.15) is 0 Å². The zero-order valence-corrected chi connectivity index (χ0v) is 3.98. The summed E-state index contributed by atoms with van der Waals surface area (Å²) < 4.78 is 0. The zero-order chi connectivity index (χ0) is 4.99. The number of rotatable bonds is 2. The molecular formula is C4H10NO. The predicted molar refractivity (Wildman–Crippen MR) is 23.8 cm³/mol. The van der Waals surface area contributed by atoms with E-state index in [4.69, 9.17) is 5.73 Å². The molecule has 0 aliphatic carbocycles. The largest absolute Gasteiger partial charge is 0.328 e. The van der Waals surface area contributed by atoms with Gasteiger partial charge in [-0.3, -0.25) is 0 Å². The van der Waals surface area contributed by atoms with Crippen LogP contribution in [0.4, 0.5) is 0 Å². The molecule has 1 unspecified atom stereocenters. The van der Waals surface area contributed by atoms with Gasteiger partial charge in [-0.25, -0.2) is 5.11 Å². The summed E-state index contributed by atoms with van der Waals surface area (Å²) in [5.41, 5.74) is 5.20. The molecule has 0 aliphatic rings. The predicted octanol–water partition coefficient (Wildman–Crippen LogP) is 0.154. The van der Waals surface area contributed by atoms with E-state index < -0.39 is 0 Å². The number of nitrogens with two attached hydrogens (primary N) is 1. The first-order chi connectivity index (χ1) is 2.77. The minimum atomic E-state index is -0.0440. The maximum atomic E-state index is 9.66. The van der Waals surface area contributed by atoms with Gasteiger partial charge in [0.15, 0.2) is 0 Å². The molecule has 0 saturated heterocycles. The molecule has 0 aliphatic heterocycles. The van der Waals surface area contributed by atoms with E-state index in [0.29, 0.717) is 6.42 Å². The van der Waals surface area contributed by atoms with E-state index >= 15 is 0 Å². The van der Waals surface area contributed by atoms with Crippen molar-refractivity contribution in [3.05, 3.63) is 0 Å². The van der Waals surface area contributed by atoms with E-state index in [2.05, 4.69) is 0 Å². The van der Waals surface area contributed by atoms with Gasteiger partial charge in [0.25, 0.3) is 0 Å². The van der Waals surface area contributed by atoms with Crippen LogP contribution in [0.2, 0.25) is 0 Å². The summed E-state index contributed by atoms with van der Waals surface area (Å²) in [5, 5.41) is 9.66. The SMILES string of the molecule is CC(N)CC[O]. The van der Waals surface area contributed by atoms with Gasteiger partial charge in [0, 0.05) is 6.04 Å². The molecule has 0 bridgehead atoms. The Kier molecular flexibility index (Phi) is 3.08. The average Bonchev–Trinajstić information content (AvgIpc) is 1.35. The Labute approximate surface area is 38.0 Å². The zero-order valence-electron chi connectivity index (χ0n) is 3.98. The fraction of sp³-hybridized carbons (Fsp3) is 1.00. The molecule has 1 atom stereocenters. The van der Waals surface area contributed by atoms with Crippen LogP contribution in [0.15, 0.2) is 0 Å². The number of hydrogen-bond donors (Lipinski definition) is 1. The molecule has 0 rings (SSSR count). The summed E-state index contributed by atoms with van der Waals surface area (Å²) in [6.07, 6.45) is 0.597. The Morgan fingerprint density at radius 1 is 1.83 bits per heavy atom. The molecule has 0 fully saturated rings. The van der Waals surface area contributed by atoms with Crippen LogP contribution in [-0.4, -0.2) is 12.6 Å². The lowest BCUT2D eigenvalue weighted by Gasteiger charge is -1.95. The van der Waals surface area contributed by atoms with Crippen molar-refractivity contribution < 1.29 is 5.11 Å². The number of hydrogen-bond acceptors (Lipinski definition) is 1. The Bertz CT molecular complexity index is 28.7. The molecule has 37 valence electrons. The van der Waals surface area contributed by atoms with Crippen molar-refractivity contribution in [3.63, 3.8) is 0 Å². The van der Waals surface area contributed by atoms with Crippen molar-refractivity contribution in [2.24, 2.45) is 5.73 Å². The summed E-state index contributed by atoms with van der Waals surface area (Å²) in [6.45, 7) is 1.79. The second-order valence-electron chi connectivity index (χ2n) is 1.47. The van der Waals surface area contributed by atoms with E-state index in [9.17, 15) is 5.11 Å². The lowest BCUT2D eigenvalue weighted by Crippen LogP contribution is -2.15. The summed E-state index contributed by atoms with van der Waals surface area (Å²) in [6, 6.07) is 0.0856. The van der Waals surface area contributed by atoms with Gasteiger partial charge in [-0.05, 0) is 13.3 Å². The quantitative estimate of drug-likeness (QED) is 0.513. The summed E-state index contributed by atoms with van der Waals surface area (Å²) >= 11 is 0. The van der Waals surface area contributed by atoms with Crippen LogP contribution in [0.3, 0.4) is 0 Å². The van der Waals surface area contributed by atoms with Gasteiger partial charge in [0.2, 0.25) is 0 Å². The molecule has 0 aromatic heterocycles. The van der Waals surface area contributed by atoms with Crippen molar-refractivity contribution in [1.82, 2.24) is 0 Å². The first-order valence-corrected chi connectivity index (χ1v) is 2.11. The summed E-state index contributed by atoms with van der Waals surface area (Å²) in [5.74, 6) is 0. The standard InChI is InChI=1S/C4H10NO/c1-4(5)2-3-6/h4H,2-3,5H2,1H3. The van der Waals surface area contributed by atoms with Crippen LogP contribution in [0.5, 0.6) is 0 Å². The minimum Gasteiger partial charge on any atom is -0.328 e. The van der Waals surface area contributed by atoms with Crippen molar-refractivity contribution in [2.75, 3.05) is 6.61 Å². The molecule has 0 saturated carbocycles. The van der Waals surface area contributed by atoms with Crippen LogP contribution in [-0.2, 0) is 5.11 Å². The molecule has 2 heteroatoms. The van der Waals surface area contributed by atoms with Crippen molar-refractivity contribution in [2.45, 2.75) is 19.4 Å². The fourth-order valence-electron chi connectivity index (χ4n) is 0.186. The Morgan fingerprint density at radius 3 is 2.33 bits per heavy atom. The average molecular weight is 88.1 g/mol. The molecule has 0 aromatic rings. The third kappa shape index (κ3) is 3.92. The Hall–Kier alpha value is -0.0800. The highest BCUT2D eigenvalue weighted by Gasteiger charge is 1.87. The van der Waals surface area contributed by atoms with E-state index in [1.54, 1.807) is 0 Å². The van der Waals surface area contributed by atoms with E-state index in [-0.39, 0.29) is 12.6 Å². The first kappa shape index (κ1) is 5.92. The molecule has 2 N–H and O–H groups in total. The fourth-order valence-corrected chi connectivity index (χ4v) is 0.186. The monoisotopic (exact) mass is 88.1 g/mol. The van der Waals surface area contributed by atoms with Gasteiger partial charge in [-0.2, -0.15) is 0 Å². The normalized spacial score (nSPS) is 14.5. The smallest absolute Gasteiger partial charge is 0.0837 e. The van der Waals surface area contributed by atoms with Gasteiger partial charge >= 0.3 is 0 Å². The summed E-state index contributed by atoms with van der Waals surface area (Å²) in [7, 11) is 0. The Balaban J connectivity index is 2.63. The second-order valence-corrected chi connectivity index (χ2v) is 1.47. The van der Waals surface area contributed by atoms with Crippen LogP contribution < -0.4 is 5.73 Å². The van der Waals surface area contributed by atoms with Crippen molar-refractivity contribution in [1.29, 1.82) is 0 Å². The van der Waals surface area contributed by atoms with Crippen LogP contribution >= 0.6 is 0 Å². The van der Waals surface area contributed by atoms with Gasteiger partial charge in [0.05, 0.1) is 6.61 Å². The molecule has 0 aromatic carbocycles. The van der Waals surface area contributed by atoms with Crippen LogP contribution in [0.1, 0.15) is 13.3 Å². The van der Waals surface area contributed by atoms with Crippen LogP contribution in [0.25, 0.3) is 0 Å². The summed E-state index contributed by atoms with van der Waals surface area (Å²) in [4.78, 5) is 0. The highest BCUT2D eigenvalue weighted by atomic mass is 16.3. The first-order valence-electron chi connectivity index (χ1n) is 2.11. The third-order valence-corrected chi connectivity index (χ3v) is 0.573. The highest BCUT2D eigenvalue weighted by molar-refractivity contribution is 4.47. The molecule has 0 spiro atoms. The third-order valence-electron chi connectivity index (χ3n) is 0.573. The maximum absolute atomic E-state index is 9.66. The molecule has 2 nitrogen and oxygen atoms in total.